The summed E-state index contributed by atoms with van der Waals surface area (Å²) in [5, 5.41) is 7.14. The number of hydrogen-bond donors (Lipinski definition) is 1. The average molecular weight is 390 g/mol. The minimum atomic E-state index is -0.695. The van der Waals surface area contributed by atoms with Crippen molar-refractivity contribution in [3.63, 3.8) is 0 Å². The van der Waals surface area contributed by atoms with Crippen LogP contribution in [-0.2, 0) is 16.0 Å². The standard InChI is InChI=1S/C21H24F2N2O3/c22-14-5-6-17(18(23)11-14)19-12-16(28-25-19)13-21(7-9-27-10-8-21)20(26)24-15-3-1-2-4-15/h5-6,11-12,15H,1-4,7-10,13H2,(H,24,26). The summed E-state index contributed by atoms with van der Waals surface area (Å²) in [5.41, 5.74) is -0.141. The van der Waals surface area contributed by atoms with Crippen molar-refractivity contribution in [2.45, 2.75) is 51.0 Å². The van der Waals surface area contributed by atoms with Gasteiger partial charge in [-0.05, 0) is 37.8 Å². The molecule has 7 heteroatoms. The smallest absolute Gasteiger partial charge is 0.227 e. The molecule has 0 radical (unpaired) electrons. The number of rotatable bonds is 5. The SMILES string of the molecule is O=C(NC1CCCC1)C1(Cc2cc(-c3ccc(F)cc3F)no2)CCOCC1. The first-order chi connectivity index (χ1) is 13.6. The fourth-order valence-corrected chi connectivity index (χ4v) is 4.21. The largest absolute Gasteiger partial charge is 0.381 e. The molecular weight excluding hydrogens is 366 g/mol. The van der Waals surface area contributed by atoms with E-state index < -0.39 is 17.0 Å². The zero-order chi connectivity index (χ0) is 19.6. The maximum absolute atomic E-state index is 14.0. The van der Waals surface area contributed by atoms with Crippen molar-refractivity contribution < 1.29 is 22.8 Å². The highest BCUT2D eigenvalue weighted by atomic mass is 19.1. The number of ether oxygens (including phenoxy) is 1. The van der Waals surface area contributed by atoms with Crippen LogP contribution in [0.1, 0.15) is 44.3 Å². The second-order valence-electron chi connectivity index (χ2n) is 7.83. The third kappa shape index (κ3) is 3.94. The fourth-order valence-electron chi connectivity index (χ4n) is 4.21. The van der Waals surface area contributed by atoms with Crippen molar-refractivity contribution in [2.75, 3.05) is 13.2 Å². The highest BCUT2D eigenvalue weighted by Crippen LogP contribution is 2.36. The van der Waals surface area contributed by atoms with Gasteiger partial charge in [-0.15, -0.1) is 0 Å². The lowest BCUT2D eigenvalue weighted by atomic mass is 9.75. The molecular formula is C21H24F2N2O3. The fraction of sp³-hybridized carbons (Fsp3) is 0.524. The highest BCUT2D eigenvalue weighted by Gasteiger charge is 2.42. The van der Waals surface area contributed by atoms with Gasteiger partial charge in [-0.1, -0.05) is 18.0 Å². The summed E-state index contributed by atoms with van der Waals surface area (Å²) in [7, 11) is 0. The van der Waals surface area contributed by atoms with Crippen molar-refractivity contribution in [2.24, 2.45) is 5.41 Å². The number of amides is 1. The van der Waals surface area contributed by atoms with Crippen LogP contribution in [-0.4, -0.2) is 30.3 Å². The van der Waals surface area contributed by atoms with Crippen LogP contribution < -0.4 is 5.32 Å². The molecule has 5 nitrogen and oxygen atoms in total. The molecule has 150 valence electrons. The van der Waals surface area contributed by atoms with Gasteiger partial charge < -0.3 is 14.6 Å². The minimum Gasteiger partial charge on any atom is -0.381 e. The third-order valence-electron chi connectivity index (χ3n) is 5.90. The van der Waals surface area contributed by atoms with E-state index in [0.717, 1.165) is 31.7 Å². The van der Waals surface area contributed by atoms with Crippen molar-refractivity contribution in [3.05, 3.63) is 41.7 Å². The molecule has 1 N–H and O–H groups in total. The molecule has 1 aromatic carbocycles. The number of carbonyl (C=O) groups is 1. The molecule has 28 heavy (non-hydrogen) atoms. The highest BCUT2D eigenvalue weighted by molar-refractivity contribution is 5.83. The van der Waals surface area contributed by atoms with E-state index in [-0.39, 0.29) is 17.5 Å². The maximum Gasteiger partial charge on any atom is 0.227 e. The lowest BCUT2D eigenvalue weighted by molar-refractivity contribution is -0.137. The zero-order valence-corrected chi connectivity index (χ0v) is 15.7. The molecule has 2 fully saturated rings. The lowest BCUT2D eigenvalue weighted by Gasteiger charge is -2.36. The Hall–Kier alpha value is -2.28. The Kier molecular flexibility index (Phi) is 5.44. The Bertz CT molecular complexity index is 840. The van der Waals surface area contributed by atoms with Gasteiger partial charge in [0.05, 0.1) is 5.41 Å². The molecule has 1 amide bonds. The molecule has 2 heterocycles. The van der Waals surface area contributed by atoms with E-state index in [1.165, 1.54) is 12.1 Å². The first kappa shape index (κ1) is 19.1. The minimum absolute atomic E-state index is 0.0358. The van der Waals surface area contributed by atoms with Crippen LogP contribution in [0.2, 0.25) is 0 Å². The van der Waals surface area contributed by atoms with Crippen LogP contribution >= 0.6 is 0 Å². The molecule has 0 atom stereocenters. The molecule has 4 rings (SSSR count). The van der Waals surface area contributed by atoms with Gasteiger partial charge in [0.15, 0.2) is 0 Å². The van der Waals surface area contributed by atoms with Crippen molar-refractivity contribution in [1.29, 1.82) is 0 Å². The molecule has 1 aliphatic heterocycles. The van der Waals surface area contributed by atoms with E-state index >= 15 is 0 Å². The predicted molar refractivity (Wildman–Crippen MR) is 98.4 cm³/mol. The first-order valence-corrected chi connectivity index (χ1v) is 9.85. The maximum atomic E-state index is 14.0. The van der Waals surface area contributed by atoms with Crippen LogP contribution in [0.4, 0.5) is 8.78 Å². The van der Waals surface area contributed by atoms with Crippen molar-refractivity contribution in [3.8, 4) is 11.3 Å². The van der Waals surface area contributed by atoms with E-state index in [1.807, 2.05) is 0 Å². The number of nitrogens with one attached hydrogen (secondary N) is 1. The summed E-state index contributed by atoms with van der Waals surface area (Å²) in [6, 6.07) is 5.21. The third-order valence-corrected chi connectivity index (χ3v) is 5.90. The number of benzene rings is 1. The van der Waals surface area contributed by atoms with Crippen LogP contribution in [0.15, 0.2) is 28.8 Å². The number of hydrogen-bond acceptors (Lipinski definition) is 4. The number of halogens is 2. The first-order valence-electron chi connectivity index (χ1n) is 9.85. The van der Waals surface area contributed by atoms with Gasteiger partial charge in [-0.25, -0.2) is 8.78 Å². The quantitative estimate of drug-likeness (QED) is 0.838. The molecule has 0 spiro atoms. The van der Waals surface area contributed by atoms with Crippen molar-refractivity contribution in [1.82, 2.24) is 10.5 Å². The van der Waals surface area contributed by atoms with Gasteiger partial charge in [0.2, 0.25) is 5.91 Å². The average Bonchev–Trinajstić information content (AvgIpc) is 3.35. The van der Waals surface area contributed by atoms with Gasteiger partial charge in [0.1, 0.15) is 23.1 Å². The van der Waals surface area contributed by atoms with Crippen molar-refractivity contribution >= 4 is 5.91 Å². The van der Waals surface area contributed by atoms with E-state index in [4.69, 9.17) is 9.26 Å². The Balaban J connectivity index is 1.54. The van der Waals surface area contributed by atoms with Gasteiger partial charge >= 0.3 is 0 Å². The van der Waals surface area contributed by atoms with E-state index in [9.17, 15) is 13.6 Å². The van der Waals surface area contributed by atoms with Gasteiger partial charge in [-0.3, -0.25) is 4.79 Å². The summed E-state index contributed by atoms with van der Waals surface area (Å²) >= 11 is 0. The van der Waals surface area contributed by atoms with Crippen LogP contribution in [0, 0.1) is 17.0 Å². The Morgan fingerprint density at radius 1 is 1.18 bits per heavy atom. The Morgan fingerprint density at radius 2 is 1.93 bits per heavy atom. The number of nitrogens with zero attached hydrogens (tertiary/aromatic N) is 1. The molecule has 2 aromatic rings. The number of aromatic nitrogens is 1. The van der Waals surface area contributed by atoms with Gasteiger partial charge in [0, 0.05) is 43.4 Å². The zero-order valence-electron chi connectivity index (χ0n) is 15.7. The van der Waals surface area contributed by atoms with E-state index in [1.54, 1.807) is 6.07 Å². The molecule has 1 aliphatic carbocycles. The topological polar surface area (TPSA) is 64.4 Å². The summed E-state index contributed by atoms with van der Waals surface area (Å²) in [6.45, 7) is 1.04. The van der Waals surface area contributed by atoms with Gasteiger partial charge in [-0.2, -0.15) is 0 Å². The molecule has 2 aliphatic rings. The van der Waals surface area contributed by atoms with Gasteiger partial charge in [0.25, 0.3) is 0 Å². The normalized spacial score (nSPS) is 19.6. The van der Waals surface area contributed by atoms with Crippen LogP contribution in [0.3, 0.4) is 0 Å². The summed E-state index contributed by atoms with van der Waals surface area (Å²) < 4.78 is 38.1. The number of carbonyl (C=O) groups excluding carboxylic acids is 1. The van der Waals surface area contributed by atoms with E-state index in [2.05, 4.69) is 10.5 Å². The molecule has 0 bridgehead atoms. The molecule has 1 saturated heterocycles. The molecule has 1 saturated carbocycles. The lowest BCUT2D eigenvalue weighted by Crippen LogP contribution is -2.48. The molecule has 1 aromatic heterocycles. The second-order valence-corrected chi connectivity index (χ2v) is 7.83. The Morgan fingerprint density at radius 3 is 2.64 bits per heavy atom. The van der Waals surface area contributed by atoms with E-state index in [0.29, 0.717) is 43.9 Å². The second kappa shape index (κ2) is 7.99. The predicted octanol–water partition coefficient (Wildman–Crippen LogP) is 4.02. The summed E-state index contributed by atoms with van der Waals surface area (Å²) in [6.07, 6.45) is 5.93. The monoisotopic (exact) mass is 390 g/mol. The van der Waals surface area contributed by atoms with Crippen LogP contribution in [0.5, 0.6) is 0 Å². The van der Waals surface area contributed by atoms with Crippen LogP contribution in [0.25, 0.3) is 11.3 Å². The summed E-state index contributed by atoms with van der Waals surface area (Å²) in [5.74, 6) is -0.787. The Labute approximate surface area is 162 Å². The molecule has 0 unspecified atom stereocenters. The summed E-state index contributed by atoms with van der Waals surface area (Å²) in [4.78, 5) is 13.1.